The van der Waals surface area contributed by atoms with Crippen LogP contribution in [-0.2, 0) is 4.79 Å². The zero-order valence-electron chi connectivity index (χ0n) is 11.8. The van der Waals surface area contributed by atoms with Gasteiger partial charge in [0.25, 0.3) is 0 Å². The molecule has 1 saturated heterocycles. The fourth-order valence-electron chi connectivity index (χ4n) is 2.85. The third-order valence-electron chi connectivity index (χ3n) is 4.04. The predicted molar refractivity (Wildman–Crippen MR) is 77.9 cm³/mol. The third-order valence-corrected chi connectivity index (χ3v) is 5.32. The van der Waals surface area contributed by atoms with Gasteiger partial charge in [0.2, 0.25) is 5.91 Å². The minimum Gasteiger partial charge on any atom is -0.355 e. The highest BCUT2D eigenvalue weighted by atomic mass is 32.2. The molecule has 0 aromatic rings. The Labute approximate surface area is 115 Å². The van der Waals surface area contributed by atoms with Crippen LogP contribution in [-0.4, -0.2) is 36.0 Å². The van der Waals surface area contributed by atoms with Crippen LogP contribution in [0.2, 0.25) is 0 Å². The molecule has 1 saturated carbocycles. The van der Waals surface area contributed by atoms with Crippen LogP contribution in [0.25, 0.3) is 0 Å². The van der Waals surface area contributed by atoms with Gasteiger partial charge < -0.3 is 10.6 Å². The monoisotopic (exact) mass is 270 g/mol. The first-order valence-corrected chi connectivity index (χ1v) is 8.04. The lowest BCUT2D eigenvalue weighted by molar-refractivity contribution is -0.123. The van der Waals surface area contributed by atoms with E-state index in [-0.39, 0.29) is 0 Å². The van der Waals surface area contributed by atoms with E-state index in [2.05, 4.69) is 31.4 Å². The molecule has 0 aromatic heterocycles. The van der Waals surface area contributed by atoms with E-state index < -0.39 is 0 Å². The second-order valence-corrected chi connectivity index (χ2v) is 8.54. The number of rotatable bonds is 4. The molecule has 3 nitrogen and oxygen atoms in total. The van der Waals surface area contributed by atoms with Gasteiger partial charge in [-0.25, -0.2) is 0 Å². The summed E-state index contributed by atoms with van der Waals surface area (Å²) in [5.74, 6) is 1.61. The minimum absolute atomic E-state index is 0.292. The zero-order chi connectivity index (χ0) is 13.2. The highest BCUT2D eigenvalue weighted by Crippen LogP contribution is 2.58. The minimum atomic E-state index is 0.292. The number of piperidine rings is 1. The molecule has 1 atom stereocenters. The van der Waals surface area contributed by atoms with E-state index in [1.807, 2.05) is 11.8 Å². The topological polar surface area (TPSA) is 41.1 Å². The van der Waals surface area contributed by atoms with Crippen LogP contribution >= 0.6 is 11.8 Å². The van der Waals surface area contributed by atoms with Gasteiger partial charge in [-0.15, -0.1) is 0 Å². The molecule has 4 heteroatoms. The van der Waals surface area contributed by atoms with Gasteiger partial charge >= 0.3 is 0 Å². The maximum Gasteiger partial charge on any atom is 0.223 e. The van der Waals surface area contributed by atoms with Crippen LogP contribution in [0.4, 0.5) is 0 Å². The molecule has 2 aliphatic rings. The smallest absolute Gasteiger partial charge is 0.223 e. The van der Waals surface area contributed by atoms with Crippen LogP contribution in [0.1, 0.15) is 40.0 Å². The SMILES string of the molecule is CC(C)(C)SCCNC(=O)C1CC12CCNCC2. The number of carbonyl (C=O) groups is 1. The molecule has 2 fully saturated rings. The highest BCUT2D eigenvalue weighted by Gasteiger charge is 2.57. The molecule has 2 N–H and O–H groups in total. The Kier molecular flexibility index (Phi) is 4.27. The molecular formula is C14H26N2OS. The molecule has 1 spiro atoms. The van der Waals surface area contributed by atoms with Crippen molar-refractivity contribution in [2.75, 3.05) is 25.4 Å². The Morgan fingerprint density at radius 1 is 1.39 bits per heavy atom. The van der Waals surface area contributed by atoms with Gasteiger partial charge in [0.05, 0.1) is 0 Å². The molecular weight excluding hydrogens is 244 g/mol. The molecule has 1 unspecified atom stereocenters. The molecule has 0 aromatic carbocycles. The van der Waals surface area contributed by atoms with Crippen molar-refractivity contribution in [1.82, 2.24) is 10.6 Å². The Bertz CT molecular complexity index is 305. The summed E-state index contributed by atoms with van der Waals surface area (Å²) in [4.78, 5) is 12.1. The van der Waals surface area contributed by atoms with Crippen molar-refractivity contribution in [3.05, 3.63) is 0 Å². The number of carbonyl (C=O) groups excluding carboxylic acids is 1. The highest BCUT2D eigenvalue weighted by molar-refractivity contribution is 8.00. The van der Waals surface area contributed by atoms with Crippen molar-refractivity contribution in [2.24, 2.45) is 11.3 Å². The number of amides is 1. The zero-order valence-corrected chi connectivity index (χ0v) is 12.7. The fraction of sp³-hybridized carbons (Fsp3) is 0.929. The summed E-state index contributed by atoms with van der Waals surface area (Å²) in [6.45, 7) is 9.62. The Balaban J connectivity index is 1.64. The van der Waals surface area contributed by atoms with Gasteiger partial charge in [0, 0.05) is 23.0 Å². The number of thioether (sulfide) groups is 1. The third kappa shape index (κ3) is 3.64. The lowest BCUT2D eigenvalue weighted by Crippen LogP contribution is -2.34. The van der Waals surface area contributed by atoms with Crippen LogP contribution in [0.5, 0.6) is 0 Å². The summed E-state index contributed by atoms with van der Waals surface area (Å²) in [5, 5.41) is 6.48. The molecule has 2 rings (SSSR count). The van der Waals surface area contributed by atoms with Gasteiger partial charge in [-0.3, -0.25) is 4.79 Å². The van der Waals surface area contributed by atoms with E-state index in [9.17, 15) is 4.79 Å². The summed E-state index contributed by atoms with van der Waals surface area (Å²) >= 11 is 1.91. The first kappa shape index (κ1) is 14.2. The number of hydrogen-bond donors (Lipinski definition) is 2. The first-order chi connectivity index (χ1) is 8.43. The summed E-state index contributed by atoms with van der Waals surface area (Å²) in [7, 11) is 0. The summed E-state index contributed by atoms with van der Waals surface area (Å²) in [5.41, 5.74) is 0.368. The van der Waals surface area contributed by atoms with Gasteiger partial charge in [-0.05, 0) is 37.8 Å². The molecule has 0 radical (unpaired) electrons. The van der Waals surface area contributed by atoms with E-state index in [1.165, 1.54) is 12.8 Å². The largest absolute Gasteiger partial charge is 0.355 e. The molecule has 1 aliphatic carbocycles. The predicted octanol–water partition coefficient (Wildman–Crippen LogP) is 2.02. The first-order valence-electron chi connectivity index (χ1n) is 7.05. The average molecular weight is 270 g/mol. The lowest BCUT2D eigenvalue weighted by Gasteiger charge is -2.23. The van der Waals surface area contributed by atoms with Gasteiger partial charge in [0.1, 0.15) is 0 Å². The van der Waals surface area contributed by atoms with Crippen molar-refractivity contribution >= 4 is 17.7 Å². The fourth-order valence-corrected chi connectivity index (χ4v) is 3.67. The van der Waals surface area contributed by atoms with E-state index in [0.29, 0.717) is 22.0 Å². The van der Waals surface area contributed by atoms with Crippen LogP contribution in [0.15, 0.2) is 0 Å². The molecule has 1 amide bonds. The second kappa shape index (κ2) is 5.41. The van der Waals surface area contributed by atoms with Gasteiger partial charge in [0.15, 0.2) is 0 Å². The molecule has 0 bridgehead atoms. The summed E-state index contributed by atoms with van der Waals surface area (Å²) in [6.07, 6.45) is 3.48. The van der Waals surface area contributed by atoms with Crippen molar-refractivity contribution in [3.8, 4) is 0 Å². The lowest BCUT2D eigenvalue weighted by atomic mass is 9.92. The maximum atomic E-state index is 12.1. The van der Waals surface area contributed by atoms with Crippen molar-refractivity contribution < 1.29 is 4.79 Å². The summed E-state index contributed by atoms with van der Waals surface area (Å²) in [6, 6.07) is 0. The number of hydrogen-bond acceptors (Lipinski definition) is 3. The van der Waals surface area contributed by atoms with Crippen LogP contribution in [0.3, 0.4) is 0 Å². The van der Waals surface area contributed by atoms with Crippen LogP contribution in [0, 0.1) is 11.3 Å². The maximum absolute atomic E-state index is 12.1. The Morgan fingerprint density at radius 3 is 2.67 bits per heavy atom. The van der Waals surface area contributed by atoms with E-state index in [0.717, 1.165) is 31.8 Å². The molecule has 1 heterocycles. The van der Waals surface area contributed by atoms with Gasteiger partial charge in [-0.2, -0.15) is 11.8 Å². The van der Waals surface area contributed by atoms with E-state index in [1.54, 1.807) is 0 Å². The van der Waals surface area contributed by atoms with Crippen molar-refractivity contribution in [3.63, 3.8) is 0 Å². The van der Waals surface area contributed by atoms with Crippen molar-refractivity contribution in [1.29, 1.82) is 0 Å². The van der Waals surface area contributed by atoms with Crippen molar-refractivity contribution in [2.45, 2.75) is 44.8 Å². The number of nitrogens with one attached hydrogen (secondary N) is 2. The van der Waals surface area contributed by atoms with Gasteiger partial charge in [-0.1, -0.05) is 20.8 Å². The normalized spacial score (nSPS) is 26.1. The van der Waals surface area contributed by atoms with E-state index >= 15 is 0 Å². The standard InChI is InChI=1S/C14H26N2OS/c1-13(2,3)18-9-8-16-12(17)11-10-14(11)4-6-15-7-5-14/h11,15H,4-10H2,1-3H3,(H,16,17). The molecule has 18 heavy (non-hydrogen) atoms. The Hall–Kier alpha value is -0.220. The molecule has 1 aliphatic heterocycles. The Morgan fingerprint density at radius 2 is 2.06 bits per heavy atom. The average Bonchev–Trinajstić information content (AvgIpc) is 2.98. The quantitative estimate of drug-likeness (QED) is 0.768. The molecule has 104 valence electrons. The van der Waals surface area contributed by atoms with Crippen LogP contribution < -0.4 is 10.6 Å². The summed E-state index contributed by atoms with van der Waals surface area (Å²) < 4.78 is 0.292. The second-order valence-electron chi connectivity index (χ2n) is 6.62. The van der Waals surface area contributed by atoms with E-state index in [4.69, 9.17) is 0 Å².